The van der Waals surface area contributed by atoms with E-state index in [4.69, 9.17) is 5.73 Å². The van der Waals surface area contributed by atoms with Crippen LogP contribution in [-0.4, -0.2) is 11.6 Å². The molecule has 0 fully saturated rings. The van der Waals surface area contributed by atoms with Crippen LogP contribution >= 0.6 is 15.9 Å². The lowest BCUT2D eigenvalue weighted by molar-refractivity contribution is 0.0979. The molecule has 4 heteroatoms. The van der Waals surface area contributed by atoms with Crippen molar-refractivity contribution in [1.82, 2.24) is 0 Å². The average Bonchev–Trinajstić information content (AvgIpc) is 2.39. The van der Waals surface area contributed by atoms with Gasteiger partial charge in [0.05, 0.1) is 11.3 Å². The predicted molar refractivity (Wildman–Crippen MR) is 71.9 cm³/mol. The Morgan fingerprint density at radius 1 is 0.833 bits per heavy atom. The second-order valence-electron chi connectivity index (χ2n) is 4.09. The third kappa shape index (κ3) is 1.36. The second kappa shape index (κ2) is 3.78. The summed E-state index contributed by atoms with van der Waals surface area (Å²) in [6.07, 6.45) is 0. The molecule has 2 aromatic carbocycles. The van der Waals surface area contributed by atoms with E-state index in [9.17, 15) is 9.59 Å². The molecule has 88 valence electrons. The molecule has 2 aromatic rings. The Kier molecular flexibility index (Phi) is 2.35. The first-order valence-corrected chi connectivity index (χ1v) is 6.17. The van der Waals surface area contributed by atoms with Gasteiger partial charge in [0, 0.05) is 21.2 Å². The van der Waals surface area contributed by atoms with E-state index in [2.05, 4.69) is 15.9 Å². The van der Waals surface area contributed by atoms with Crippen LogP contribution in [0.2, 0.25) is 0 Å². The van der Waals surface area contributed by atoms with E-state index in [0.717, 1.165) is 0 Å². The van der Waals surface area contributed by atoms with Gasteiger partial charge in [0.2, 0.25) is 0 Å². The molecule has 0 radical (unpaired) electrons. The minimum absolute atomic E-state index is 0.153. The predicted octanol–water partition coefficient (Wildman–Crippen LogP) is 2.81. The summed E-state index contributed by atoms with van der Waals surface area (Å²) >= 11 is 3.27. The summed E-state index contributed by atoms with van der Waals surface area (Å²) in [4.78, 5) is 24.7. The number of halogens is 1. The van der Waals surface area contributed by atoms with E-state index in [-0.39, 0.29) is 11.6 Å². The Balaban J connectivity index is 2.38. The van der Waals surface area contributed by atoms with Gasteiger partial charge in [0.15, 0.2) is 11.6 Å². The topological polar surface area (TPSA) is 60.2 Å². The number of carbonyl (C=O) groups excluding carboxylic acids is 2. The molecule has 2 N–H and O–H groups in total. The van der Waals surface area contributed by atoms with Crippen LogP contribution in [0.4, 0.5) is 5.69 Å². The first-order chi connectivity index (χ1) is 8.61. The number of nitrogen functional groups attached to an aromatic ring is 1. The van der Waals surface area contributed by atoms with Crippen LogP contribution < -0.4 is 5.73 Å². The molecule has 0 heterocycles. The highest BCUT2D eigenvalue weighted by Gasteiger charge is 2.31. The molecule has 3 nitrogen and oxygen atoms in total. The van der Waals surface area contributed by atoms with Crippen molar-refractivity contribution >= 4 is 33.2 Å². The van der Waals surface area contributed by atoms with Crippen LogP contribution in [0.5, 0.6) is 0 Å². The van der Waals surface area contributed by atoms with Crippen LogP contribution in [0.25, 0.3) is 0 Å². The van der Waals surface area contributed by atoms with Crippen LogP contribution in [-0.2, 0) is 0 Å². The first kappa shape index (κ1) is 11.2. The molecule has 0 aliphatic heterocycles. The van der Waals surface area contributed by atoms with Crippen molar-refractivity contribution in [1.29, 1.82) is 0 Å². The van der Waals surface area contributed by atoms with Crippen LogP contribution in [0.1, 0.15) is 31.8 Å². The molecule has 0 bridgehead atoms. The zero-order valence-corrected chi connectivity index (χ0v) is 10.8. The highest BCUT2D eigenvalue weighted by atomic mass is 79.9. The third-order valence-corrected chi connectivity index (χ3v) is 3.77. The Hall–Kier alpha value is -1.94. The fourth-order valence-electron chi connectivity index (χ4n) is 2.19. The fraction of sp³-hybridized carbons (Fsp3) is 0. The Morgan fingerprint density at radius 3 is 2.11 bits per heavy atom. The summed E-state index contributed by atoms with van der Waals surface area (Å²) in [6, 6.07) is 10.1. The van der Waals surface area contributed by atoms with Crippen molar-refractivity contribution in [2.24, 2.45) is 0 Å². The van der Waals surface area contributed by atoms with E-state index < -0.39 is 0 Å². The lowest BCUT2D eigenvalue weighted by Gasteiger charge is -2.19. The molecular weight excluding hydrogens is 294 g/mol. The van der Waals surface area contributed by atoms with Crippen molar-refractivity contribution in [2.45, 2.75) is 0 Å². The highest BCUT2D eigenvalue weighted by molar-refractivity contribution is 9.10. The summed E-state index contributed by atoms with van der Waals surface area (Å²) in [5.74, 6) is -0.349. The molecular formula is C14H8BrNO2. The molecule has 0 saturated heterocycles. The number of nitrogens with two attached hydrogens (primary N) is 1. The van der Waals surface area contributed by atoms with Crippen molar-refractivity contribution in [2.75, 3.05) is 5.73 Å². The van der Waals surface area contributed by atoms with E-state index in [1.54, 1.807) is 36.4 Å². The number of carbonyl (C=O) groups is 2. The quantitative estimate of drug-likeness (QED) is 0.650. The summed E-state index contributed by atoms with van der Waals surface area (Å²) < 4.78 is 0.627. The van der Waals surface area contributed by atoms with E-state index in [0.29, 0.717) is 32.4 Å². The van der Waals surface area contributed by atoms with Crippen LogP contribution in [0.3, 0.4) is 0 Å². The zero-order chi connectivity index (χ0) is 12.9. The smallest absolute Gasteiger partial charge is 0.196 e. The highest BCUT2D eigenvalue weighted by Crippen LogP contribution is 2.34. The number of benzene rings is 2. The van der Waals surface area contributed by atoms with Crippen molar-refractivity contribution in [3.05, 3.63) is 63.1 Å². The minimum atomic E-state index is -0.195. The molecule has 0 spiro atoms. The molecule has 0 unspecified atom stereocenters. The van der Waals surface area contributed by atoms with Gasteiger partial charge in [-0.05, 0) is 28.1 Å². The largest absolute Gasteiger partial charge is 0.397 e. The number of hydrogen-bond acceptors (Lipinski definition) is 3. The van der Waals surface area contributed by atoms with Gasteiger partial charge in [-0.2, -0.15) is 0 Å². The van der Waals surface area contributed by atoms with Crippen LogP contribution in [0, 0.1) is 0 Å². The van der Waals surface area contributed by atoms with E-state index in [1.165, 1.54) is 0 Å². The molecule has 1 aliphatic carbocycles. The summed E-state index contributed by atoms with van der Waals surface area (Å²) in [7, 11) is 0. The Morgan fingerprint density at radius 2 is 1.44 bits per heavy atom. The number of ketones is 2. The van der Waals surface area contributed by atoms with Crippen molar-refractivity contribution in [3.8, 4) is 0 Å². The van der Waals surface area contributed by atoms with Gasteiger partial charge in [-0.15, -0.1) is 0 Å². The lowest BCUT2D eigenvalue weighted by atomic mass is 9.83. The maximum atomic E-state index is 12.4. The Bertz CT molecular complexity index is 707. The number of fused-ring (bicyclic) bond motifs is 2. The number of hydrogen-bond donors (Lipinski definition) is 1. The molecule has 0 atom stereocenters. The van der Waals surface area contributed by atoms with Crippen molar-refractivity contribution < 1.29 is 9.59 Å². The Labute approximate surface area is 112 Å². The van der Waals surface area contributed by atoms with Gasteiger partial charge in [0.25, 0.3) is 0 Å². The monoisotopic (exact) mass is 301 g/mol. The third-order valence-electron chi connectivity index (χ3n) is 3.08. The molecule has 3 rings (SSSR count). The molecule has 1 aliphatic rings. The number of rotatable bonds is 0. The molecule has 0 aromatic heterocycles. The van der Waals surface area contributed by atoms with Gasteiger partial charge in [-0.3, -0.25) is 9.59 Å². The normalized spacial score (nSPS) is 13.2. The standard InChI is InChI=1S/C14H8BrNO2/c15-10-6-5-9-11(12(10)16)14(18)8-4-2-1-3-7(8)13(9)17/h1-6H,16H2. The van der Waals surface area contributed by atoms with Gasteiger partial charge < -0.3 is 5.73 Å². The fourth-order valence-corrected chi connectivity index (χ4v) is 2.52. The summed E-state index contributed by atoms with van der Waals surface area (Å²) in [5, 5.41) is 0. The summed E-state index contributed by atoms with van der Waals surface area (Å²) in [5.41, 5.74) is 7.74. The summed E-state index contributed by atoms with van der Waals surface area (Å²) in [6.45, 7) is 0. The first-order valence-electron chi connectivity index (χ1n) is 5.37. The zero-order valence-electron chi connectivity index (χ0n) is 9.24. The minimum Gasteiger partial charge on any atom is -0.397 e. The van der Waals surface area contributed by atoms with Crippen molar-refractivity contribution in [3.63, 3.8) is 0 Å². The van der Waals surface area contributed by atoms with Gasteiger partial charge in [-0.1, -0.05) is 24.3 Å². The van der Waals surface area contributed by atoms with Crippen LogP contribution in [0.15, 0.2) is 40.9 Å². The molecule has 18 heavy (non-hydrogen) atoms. The molecule has 0 saturated carbocycles. The van der Waals surface area contributed by atoms with Gasteiger partial charge >= 0.3 is 0 Å². The second-order valence-corrected chi connectivity index (χ2v) is 4.94. The van der Waals surface area contributed by atoms with E-state index in [1.807, 2.05) is 0 Å². The molecule has 0 amide bonds. The SMILES string of the molecule is Nc1c(Br)ccc2c1C(=O)c1ccccc1C2=O. The average molecular weight is 302 g/mol. The number of anilines is 1. The van der Waals surface area contributed by atoms with E-state index >= 15 is 0 Å². The maximum absolute atomic E-state index is 12.4. The lowest BCUT2D eigenvalue weighted by Crippen LogP contribution is -2.22. The van der Waals surface area contributed by atoms with Gasteiger partial charge in [0.1, 0.15) is 0 Å². The maximum Gasteiger partial charge on any atom is 0.196 e. The van der Waals surface area contributed by atoms with Gasteiger partial charge in [-0.25, -0.2) is 0 Å².